The lowest BCUT2D eigenvalue weighted by atomic mass is 9.94. The van der Waals surface area contributed by atoms with Gasteiger partial charge in [0.05, 0.1) is 11.2 Å². The van der Waals surface area contributed by atoms with E-state index in [4.69, 9.17) is 19.9 Å². The summed E-state index contributed by atoms with van der Waals surface area (Å²) in [4.78, 5) is 20.0. The van der Waals surface area contributed by atoms with Crippen LogP contribution in [0, 0.1) is 0 Å². The highest BCUT2D eigenvalue weighted by Gasteiger charge is 2.15. The number of nitrogens with zero attached hydrogens (tertiary/aromatic N) is 4. The SMILES string of the molecule is c1ccc(-c2nc(-c3ccccc3)nc(-c3cccc(-c4ccc5cc6ccccc6c(-c6ccccc6)c5n4)c3)n2)cc1. The molecule has 0 atom stereocenters. The van der Waals surface area contributed by atoms with Crippen molar-refractivity contribution in [3.63, 3.8) is 0 Å². The zero-order valence-electron chi connectivity index (χ0n) is 23.8. The van der Waals surface area contributed by atoms with Crippen LogP contribution >= 0.6 is 0 Å². The van der Waals surface area contributed by atoms with Gasteiger partial charge in [0.1, 0.15) is 0 Å². The van der Waals surface area contributed by atoms with Crippen molar-refractivity contribution in [1.29, 1.82) is 0 Å². The molecule has 2 aromatic heterocycles. The van der Waals surface area contributed by atoms with Gasteiger partial charge >= 0.3 is 0 Å². The summed E-state index contributed by atoms with van der Waals surface area (Å²) in [5, 5.41) is 3.50. The zero-order chi connectivity index (χ0) is 29.3. The lowest BCUT2D eigenvalue weighted by Crippen LogP contribution is -2.00. The summed E-state index contributed by atoms with van der Waals surface area (Å²) in [7, 11) is 0. The predicted octanol–water partition coefficient (Wildman–Crippen LogP) is 9.91. The minimum Gasteiger partial charge on any atom is -0.247 e. The molecule has 0 saturated heterocycles. The highest BCUT2D eigenvalue weighted by atomic mass is 15.0. The number of benzene rings is 6. The van der Waals surface area contributed by atoms with Gasteiger partial charge in [-0.25, -0.2) is 19.9 Å². The van der Waals surface area contributed by atoms with Gasteiger partial charge in [-0.05, 0) is 34.5 Å². The van der Waals surface area contributed by atoms with Crippen molar-refractivity contribution in [2.24, 2.45) is 0 Å². The van der Waals surface area contributed by atoms with E-state index >= 15 is 0 Å². The van der Waals surface area contributed by atoms with Crippen LogP contribution in [-0.4, -0.2) is 19.9 Å². The molecule has 0 aliphatic rings. The predicted molar refractivity (Wildman–Crippen MR) is 180 cm³/mol. The molecule has 0 fully saturated rings. The fraction of sp³-hybridized carbons (Fsp3) is 0. The summed E-state index contributed by atoms with van der Waals surface area (Å²) >= 11 is 0. The summed E-state index contributed by atoms with van der Waals surface area (Å²) in [6.07, 6.45) is 0. The minimum absolute atomic E-state index is 0.622. The van der Waals surface area contributed by atoms with Crippen molar-refractivity contribution in [3.05, 3.63) is 158 Å². The Hall–Kier alpha value is -6.00. The third kappa shape index (κ3) is 4.79. The normalized spacial score (nSPS) is 11.2. The van der Waals surface area contributed by atoms with Crippen molar-refractivity contribution >= 4 is 21.7 Å². The molecule has 0 N–H and O–H groups in total. The maximum Gasteiger partial charge on any atom is 0.164 e. The van der Waals surface area contributed by atoms with E-state index in [9.17, 15) is 0 Å². The molecule has 0 unspecified atom stereocenters. The third-order valence-electron chi connectivity index (χ3n) is 7.88. The first-order valence-electron chi connectivity index (χ1n) is 14.7. The van der Waals surface area contributed by atoms with E-state index in [0.29, 0.717) is 17.5 Å². The van der Waals surface area contributed by atoms with Crippen LogP contribution in [0.4, 0.5) is 0 Å². The van der Waals surface area contributed by atoms with Gasteiger partial charge < -0.3 is 0 Å². The topological polar surface area (TPSA) is 51.6 Å². The smallest absolute Gasteiger partial charge is 0.164 e. The van der Waals surface area contributed by atoms with Crippen molar-refractivity contribution < 1.29 is 0 Å². The molecule has 4 heteroatoms. The van der Waals surface area contributed by atoms with E-state index in [1.165, 1.54) is 10.8 Å². The lowest BCUT2D eigenvalue weighted by Gasteiger charge is -2.13. The zero-order valence-corrected chi connectivity index (χ0v) is 23.8. The van der Waals surface area contributed by atoms with Crippen LogP contribution in [0.1, 0.15) is 0 Å². The first-order valence-corrected chi connectivity index (χ1v) is 14.7. The highest BCUT2D eigenvalue weighted by molar-refractivity contribution is 6.11. The Bertz CT molecular complexity index is 2210. The second-order valence-corrected chi connectivity index (χ2v) is 10.7. The van der Waals surface area contributed by atoms with Gasteiger partial charge in [-0.15, -0.1) is 0 Å². The van der Waals surface area contributed by atoms with Crippen LogP contribution in [-0.2, 0) is 0 Å². The van der Waals surface area contributed by atoms with Gasteiger partial charge in [0.25, 0.3) is 0 Å². The number of aromatic nitrogens is 4. The van der Waals surface area contributed by atoms with E-state index in [-0.39, 0.29) is 0 Å². The van der Waals surface area contributed by atoms with Gasteiger partial charge in [0.2, 0.25) is 0 Å². The molecule has 0 amide bonds. The van der Waals surface area contributed by atoms with Crippen LogP contribution in [0.3, 0.4) is 0 Å². The molecule has 6 aromatic carbocycles. The molecule has 0 aliphatic heterocycles. The Kier molecular flexibility index (Phi) is 6.43. The molecular formula is C40H26N4. The van der Waals surface area contributed by atoms with Crippen molar-refractivity contribution in [1.82, 2.24) is 19.9 Å². The third-order valence-corrected chi connectivity index (χ3v) is 7.88. The largest absolute Gasteiger partial charge is 0.247 e. The summed E-state index contributed by atoms with van der Waals surface area (Å²) < 4.78 is 0. The molecule has 0 aliphatic carbocycles. The molecule has 8 aromatic rings. The fourth-order valence-corrected chi connectivity index (χ4v) is 5.75. The van der Waals surface area contributed by atoms with Crippen molar-refractivity contribution in [2.75, 3.05) is 0 Å². The summed E-state index contributed by atoms with van der Waals surface area (Å²) in [5.41, 5.74) is 7.97. The van der Waals surface area contributed by atoms with Crippen LogP contribution in [0.2, 0.25) is 0 Å². The Balaban J connectivity index is 1.29. The molecule has 0 saturated carbocycles. The summed E-state index contributed by atoms with van der Waals surface area (Å²) in [6, 6.07) is 54.0. The molecule has 0 bridgehead atoms. The highest BCUT2D eigenvalue weighted by Crippen LogP contribution is 2.37. The van der Waals surface area contributed by atoms with Crippen LogP contribution in [0.5, 0.6) is 0 Å². The second kappa shape index (κ2) is 11.0. The van der Waals surface area contributed by atoms with Crippen molar-refractivity contribution in [3.8, 4) is 56.5 Å². The first kappa shape index (κ1) is 25.7. The molecule has 206 valence electrons. The molecule has 8 rings (SSSR count). The number of rotatable bonds is 5. The maximum absolute atomic E-state index is 5.28. The first-order chi connectivity index (χ1) is 21.8. The van der Waals surface area contributed by atoms with E-state index in [0.717, 1.165) is 50.0 Å². The molecule has 2 heterocycles. The molecule has 44 heavy (non-hydrogen) atoms. The molecular weight excluding hydrogens is 536 g/mol. The van der Waals surface area contributed by atoms with Gasteiger partial charge in [-0.1, -0.05) is 140 Å². The Morgan fingerprint density at radius 2 is 0.841 bits per heavy atom. The van der Waals surface area contributed by atoms with Crippen LogP contribution in [0.15, 0.2) is 158 Å². The van der Waals surface area contributed by atoms with E-state index < -0.39 is 0 Å². The summed E-state index contributed by atoms with van der Waals surface area (Å²) in [5.74, 6) is 1.91. The van der Waals surface area contributed by atoms with Crippen LogP contribution in [0.25, 0.3) is 78.2 Å². The number of hydrogen-bond acceptors (Lipinski definition) is 4. The van der Waals surface area contributed by atoms with E-state index in [2.05, 4.69) is 84.9 Å². The van der Waals surface area contributed by atoms with Crippen LogP contribution < -0.4 is 0 Å². The monoisotopic (exact) mass is 562 g/mol. The number of fused-ring (bicyclic) bond motifs is 2. The average molecular weight is 563 g/mol. The minimum atomic E-state index is 0.622. The standard InChI is InChI=1S/C40H26N4/c1-4-13-27(14-5-1)36-34-22-11-10-19-30(34)25-32-23-24-35(41-37(32)36)31-20-12-21-33(26-31)40-43-38(28-15-6-2-7-16-28)42-39(44-40)29-17-8-3-9-18-29/h1-26H. The van der Waals surface area contributed by atoms with E-state index in [1.54, 1.807) is 0 Å². The average Bonchev–Trinajstić information content (AvgIpc) is 3.11. The Labute approximate surface area is 255 Å². The maximum atomic E-state index is 5.28. The lowest BCUT2D eigenvalue weighted by molar-refractivity contribution is 1.07. The molecule has 0 spiro atoms. The van der Waals surface area contributed by atoms with Crippen molar-refractivity contribution in [2.45, 2.75) is 0 Å². The molecule has 4 nitrogen and oxygen atoms in total. The number of hydrogen-bond donors (Lipinski definition) is 0. The van der Waals surface area contributed by atoms with Gasteiger partial charge in [0, 0.05) is 33.2 Å². The Morgan fingerprint density at radius 1 is 0.318 bits per heavy atom. The quantitative estimate of drug-likeness (QED) is 0.196. The number of pyridine rings is 1. The van der Waals surface area contributed by atoms with Gasteiger partial charge in [-0.2, -0.15) is 0 Å². The van der Waals surface area contributed by atoms with Gasteiger partial charge in [-0.3, -0.25) is 0 Å². The van der Waals surface area contributed by atoms with E-state index in [1.807, 2.05) is 72.8 Å². The second-order valence-electron chi connectivity index (χ2n) is 10.7. The molecule has 0 radical (unpaired) electrons. The van der Waals surface area contributed by atoms with Gasteiger partial charge in [0.15, 0.2) is 17.5 Å². The Morgan fingerprint density at radius 3 is 1.50 bits per heavy atom. The summed E-state index contributed by atoms with van der Waals surface area (Å²) in [6.45, 7) is 0. The fourth-order valence-electron chi connectivity index (χ4n) is 5.75.